The molecule has 0 aliphatic carbocycles. The molecule has 0 saturated carbocycles. The molecule has 0 radical (unpaired) electrons. The molecule has 0 aliphatic rings. The Morgan fingerprint density at radius 3 is 2.43 bits per heavy atom. The van der Waals surface area contributed by atoms with Crippen molar-refractivity contribution in [2.45, 2.75) is 39.5 Å². The van der Waals surface area contributed by atoms with E-state index in [0.29, 0.717) is 17.1 Å². The van der Waals surface area contributed by atoms with E-state index < -0.39 is 0 Å². The Labute approximate surface area is 137 Å². The smallest absolute Gasteiger partial charge is 0.161 e. The van der Waals surface area contributed by atoms with Crippen LogP contribution < -0.4 is 14.8 Å². The Bertz CT molecular complexity index is 650. The van der Waals surface area contributed by atoms with Crippen molar-refractivity contribution in [2.75, 3.05) is 7.11 Å². The Morgan fingerprint density at radius 2 is 1.78 bits per heavy atom. The number of hydrogen-bond donors (Lipinski definition) is 1. The molecule has 0 amide bonds. The third-order valence-corrected chi connectivity index (χ3v) is 3.39. The Balaban J connectivity index is 2.06. The van der Waals surface area contributed by atoms with Gasteiger partial charge in [-0.05, 0) is 44.5 Å². The molecule has 2 aromatic rings. The first-order chi connectivity index (χ1) is 10.9. The van der Waals surface area contributed by atoms with E-state index in [2.05, 4.69) is 26.1 Å². The average molecular weight is 317 g/mol. The first kappa shape index (κ1) is 17.3. The molecule has 2 rings (SSSR count). The second-order valence-electron chi connectivity index (χ2n) is 6.47. The minimum Gasteiger partial charge on any atom is -0.493 e. The second-order valence-corrected chi connectivity index (χ2v) is 6.47. The van der Waals surface area contributed by atoms with Crippen LogP contribution in [0.25, 0.3) is 0 Å². The topological polar surface area (TPSA) is 30.5 Å². The zero-order valence-corrected chi connectivity index (χ0v) is 14.2. The van der Waals surface area contributed by atoms with Gasteiger partial charge >= 0.3 is 0 Å². The fraction of sp³-hybridized carbons (Fsp3) is 0.368. The average Bonchev–Trinajstić information content (AvgIpc) is 2.52. The van der Waals surface area contributed by atoms with E-state index in [4.69, 9.17) is 9.47 Å². The van der Waals surface area contributed by atoms with E-state index in [1.807, 2.05) is 18.2 Å². The molecule has 0 fully saturated rings. The number of nitrogens with one attached hydrogen (secondary N) is 1. The molecule has 0 bridgehead atoms. The van der Waals surface area contributed by atoms with E-state index in [9.17, 15) is 4.39 Å². The third-order valence-electron chi connectivity index (χ3n) is 3.39. The summed E-state index contributed by atoms with van der Waals surface area (Å²) in [6.07, 6.45) is 0. The number of halogens is 1. The van der Waals surface area contributed by atoms with Gasteiger partial charge in [0.25, 0.3) is 0 Å². The predicted molar refractivity (Wildman–Crippen MR) is 90.3 cm³/mol. The molecule has 23 heavy (non-hydrogen) atoms. The molecule has 3 nitrogen and oxygen atoms in total. The van der Waals surface area contributed by atoms with Gasteiger partial charge in [0.15, 0.2) is 11.5 Å². The summed E-state index contributed by atoms with van der Waals surface area (Å²) in [6, 6.07) is 12.4. The third kappa shape index (κ3) is 5.25. The standard InChI is InChI=1S/C19H24FNO2/c1-19(2,3)21-12-14-9-10-17(18(11-14)22-4)23-13-15-7-5-6-8-16(15)20/h5-11,21H,12-13H2,1-4H3. The summed E-state index contributed by atoms with van der Waals surface area (Å²) in [6.45, 7) is 7.28. The van der Waals surface area contributed by atoms with Crippen LogP contribution in [0.5, 0.6) is 11.5 Å². The van der Waals surface area contributed by atoms with Crippen LogP contribution in [-0.2, 0) is 13.2 Å². The van der Waals surface area contributed by atoms with Gasteiger partial charge in [-0.15, -0.1) is 0 Å². The maximum atomic E-state index is 13.6. The van der Waals surface area contributed by atoms with E-state index in [-0.39, 0.29) is 18.0 Å². The van der Waals surface area contributed by atoms with Crippen LogP contribution in [0.3, 0.4) is 0 Å². The van der Waals surface area contributed by atoms with Gasteiger partial charge < -0.3 is 14.8 Å². The molecule has 0 spiro atoms. The highest BCUT2D eigenvalue weighted by molar-refractivity contribution is 5.43. The van der Waals surface area contributed by atoms with Gasteiger partial charge in [0.1, 0.15) is 12.4 Å². The summed E-state index contributed by atoms with van der Waals surface area (Å²) in [4.78, 5) is 0. The van der Waals surface area contributed by atoms with Crippen molar-refractivity contribution in [3.63, 3.8) is 0 Å². The van der Waals surface area contributed by atoms with Gasteiger partial charge in [-0.3, -0.25) is 0 Å². The highest BCUT2D eigenvalue weighted by Gasteiger charge is 2.11. The first-order valence-electron chi connectivity index (χ1n) is 7.67. The van der Waals surface area contributed by atoms with Crippen molar-refractivity contribution in [3.05, 3.63) is 59.4 Å². The number of rotatable bonds is 6. The van der Waals surface area contributed by atoms with Gasteiger partial charge in [0.05, 0.1) is 7.11 Å². The minimum absolute atomic E-state index is 0.0489. The Morgan fingerprint density at radius 1 is 1.04 bits per heavy atom. The number of methoxy groups -OCH3 is 1. The molecule has 0 saturated heterocycles. The Hall–Kier alpha value is -2.07. The van der Waals surface area contributed by atoms with Gasteiger partial charge in [-0.25, -0.2) is 4.39 Å². The van der Waals surface area contributed by atoms with Crippen molar-refractivity contribution >= 4 is 0 Å². The van der Waals surface area contributed by atoms with Crippen LogP contribution in [0.1, 0.15) is 31.9 Å². The normalized spacial score (nSPS) is 11.3. The fourth-order valence-electron chi connectivity index (χ4n) is 2.08. The van der Waals surface area contributed by atoms with E-state index in [1.54, 1.807) is 25.3 Å². The van der Waals surface area contributed by atoms with Crippen LogP contribution in [-0.4, -0.2) is 12.6 Å². The highest BCUT2D eigenvalue weighted by Crippen LogP contribution is 2.29. The number of benzene rings is 2. The van der Waals surface area contributed by atoms with E-state index in [1.165, 1.54) is 6.07 Å². The van der Waals surface area contributed by atoms with Crippen molar-refractivity contribution in [3.8, 4) is 11.5 Å². The molecule has 0 aliphatic heterocycles. The molecule has 4 heteroatoms. The monoisotopic (exact) mass is 317 g/mol. The molecule has 124 valence electrons. The van der Waals surface area contributed by atoms with Crippen LogP contribution in [0, 0.1) is 5.82 Å². The van der Waals surface area contributed by atoms with Gasteiger partial charge in [-0.2, -0.15) is 0 Å². The number of hydrogen-bond acceptors (Lipinski definition) is 3. The molecule has 1 N–H and O–H groups in total. The molecule has 0 atom stereocenters. The Kier molecular flexibility index (Phi) is 5.61. The summed E-state index contributed by atoms with van der Waals surface area (Å²) in [5, 5.41) is 3.43. The minimum atomic E-state index is -0.266. The molecule has 2 aromatic carbocycles. The van der Waals surface area contributed by atoms with Gasteiger partial charge in [-0.1, -0.05) is 24.3 Å². The van der Waals surface area contributed by atoms with Crippen LogP contribution in [0.15, 0.2) is 42.5 Å². The molecule has 0 unspecified atom stereocenters. The zero-order valence-electron chi connectivity index (χ0n) is 14.2. The lowest BCUT2D eigenvalue weighted by Crippen LogP contribution is -2.35. The lowest BCUT2D eigenvalue weighted by molar-refractivity contribution is 0.279. The lowest BCUT2D eigenvalue weighted by Gasteiger charge is -2.21. The van der Waals surface area contributed by atoms with Crippen LogP contribution >= 0.6 is 0 Å². The largest absolute Gasteiger partial charge is 0.493 e. The van der Waals surface area contributed by atoms with Gasteiger partial charge in [0.2, 0.25) is 0 Å². The van der Waals surface area contributed by atoms with Crippen LogP contribution in [0.4, 0.5) is 4.39 Å². The SMILES string of the molecule is COc1cc(CNC(C)(C)C)ccc1OCc1ccccc1F. The maximum absolute atomic E-state index is 13.6. The van der Waals surface area contributed by atoms with Gasteiger partial charge in [0, 0.05) is 17.6 Å². The first-order valence-corrected chi connectivity index (χ1v) is 7.67. The van der Waals surface area contributed by atoms with E-state index in [0.717, 1.165) is 12.1 Å². The predicted octanol–water partition coefficient (Wildman–Crippen LogP) is 4.30. The van der Waals surface area contributed by atoms with Crippen molar-refractivity contribution in [1.29, 1.82) is 0 Å². The number of ether oxygens (including phenoxy) is 2. The van der Waals surface area contributed by atoms with Crippen molar-refractivity contribution < 1.29 is 13.9 Å². The summed E-state index contributed by atoms with van der Waals surface area (Å²) >= 11 is 0. The maximum Gasteiger partial charge on any atom is 0.161 e. The van der Waals surface area contributed by atoms with E-state index >= 15 is 0 Å². The van der Waals surface area contributed by atoms with Crippen molar-refractivity contribution in [1.82, 2.24) is 5.32 Å². The molecule has 0 heterocycles. The fourth-order valence-corrected chi connectivity index (χ4v) is 2.08. The highest BCUT2D eigenvalue weighted by atomic mass is 19.1. The zero-order chi connectivity index (χ0) is 16.9. The summed E-state index contributed by atoms with van der Waals surface area (Å²) in [7, 11) is 1.60. The van der Waals surface area contributed by atoms with Crippen molar-refractivity contribution in [2.24, 2.45) is 0 Å². The lowest BCUT2D eigenvalue weighted by atomic mass is 10.1. The van der Waals surface area contributed by atoms with Crippen LogP contribution in [0.2, 0.25) is 0 Å². The summed E-state index contributed by atoms with van der Waals surface area (Å²) in [5.41, 5.74) is 1.68. The second kappa shape index (κ2) is 7.47. The summed E-state index contributed by atoms with van der Waals surface area (Å²) < 4.78 is 24.7. The molecule has 0 aromatic heterocycles. The molecular weight excluding hydrogens is 293 g/mol. The quantitative estimate of drug-likeness (QED) is 0.861. The summed E-state index contributed by atoms with van der Waals surface area (Å²) in [5.74, 6) is 0.988. The molecular formula is C19H24FNO2.